The molecule has 1 aromatic carbocycles. The minimum atomic E-state index is -0.489. The van der Waals surface area contributed by atoms with Gasteiger partial charge in [-0.05, 0) is 24.5 Å². The number of carbonyl (C=O) groups excluding carboxylic acids is 2. The molecule has 1 saturated heterocycles. The second-order valence-electron chi connectivity index (χ2n) is 6.08. The summed E-state index contributed by atoms with van der Waals surface area (Å²) in [6.45, 7) is 6.64. The van der Waals surface area contributed by atoms with Crippen LogP contribution in [0.3, 0.4) is 0 Å². The Bertz CT molecular complexity index is 532. The lowest BCUT2D eigenvalue weighted by molar-refractivity contribution is -0.148. The van der Waals surface area contributed by atoms with Gasteiger partial charge in [-0.2, -0.15) is 0 Å². The summed E-state index contributed by atoms with van der Waals surface area (Å²) in [5.41, 5.74) is 0.618. The van der Waals surface area contributed by atoms with Crippen molar-refractivity contribution in [1.29, 1.82) is 0 Å². The molecule has 0 N–H and O–H groups in total. The summed E-state index contributed by atoms with van der Waals surface area (Å²) in [5.74, 6) is 0.512. The van der Waals surface area contributed by atoms with Crippen LogP contribution in [0.15, 0.2) is 30.3 Å². The van der Waals surface area contributed by atoms with Crippen LogP contribution in [0.25, 0.3) is 0 Å². The third-order valence-corrected chi connectivity index (χ3v) is 5.50. The lowest BCUT2D eigenvalue weighted by atomic mass is 10.1. The zero-order chi connectivity index (χ0) is 16.8. The highest BCUT2D eigenvalue weighted by molar-refractivity contribution is 8.00. The van der Waals surface area contributed by atoms with Gasteiger partial charge in [-0.1, -0.05) is 45.4 Å². The molecule has 0 aromatic heterocycles. The van der Waals surface area contributed by atoms with Crippen LogP contribution in [0.4, 0.5) is 0 Å². The number of unbranched alkanes of at least 4 members (excludes halogenated alkanes) is 1. The van der Waals surface area contributed by atoms with Gasteiger partial charge < -0.3 is 9.64 Å². The average Bonchev–Trinajstić information content (AvgIpc) is 3.00. The Morgan fingerprint density at radius 1 is 1.30 bits per heavy atom. The molecule has 126 valence electrons. The Hall–Kier alpha value is -1.49. The summed E-state index contributed by atoms with van der Waals surface area (Å²) in [6, 6.07) is 8.66. The minimum absolute atomic E-state index is 0.00595. The highest BCUT2D eigenvalue weighted by Crippen LogP contribution is 2.35. The van der Waals surface area contributed by atoms with Gasteiger partial charge in [0.2, 0.25) is 0 Å². The van der Waals surface area contributed by atoms with Crippen molar-refractivity contribution >= 4 is 23.6 Å². The van der Waals surface area contributed by atoms with E-state index < -0.39 is 6.04 Å². The maximum atomic E-state index is 12.9. The first-order valence-electron chi connectivity index (χ1n) is 8.22. The van der Waals surface area contributed by atoms with E-state index >= 15 is 0 Å². The molecule has 1 aromatic rings. The van der Waals surface area contributed by atoms with Crippen LogP contribution >= 0.6 is 11.8 Å². The van der Waals surface area contributed by atoms with E-state index in [4.69, 9.17) is 4.74 Å². The summed E-state index contributed by atoms with van der Waals surface area (Å²) in [7, 11) is 0. The molecule has 1 aliphatic rings. The molecule has 0 bridgehead atoms. The number of carbonyl (C=O) groups is 2. The summed E-state index contributed by atoms with van der Waals surface area (Å²) in [5, 5.41) is 0.00595. The van der Waals surface area contributed by atoms with Crippen molar-refractivity contribution < 1.29 is 14.3 Å². The van der Waals surface area contributed by atoms with Gasteiger partial charge in [0.15, 0.2) is 0 Å². The van der Waals surface area contributed by atoms with Gasteiger partial charge in [-0.15, -0.1) is 11.8 Å². The molecule has 5 heteroatoms. The van der Waals surface area contributed by atoms with E-state index in [1.807, 2.05) is 18.2 Å². The molecule has 4 nitrogen and oxygen atoms in total. The first kappa shape index (κ1) is 17.9. The summed E-state index contributed by atoms with van der Waals surface area (Å²) >= 11 is 1.66. The number of benzene rings is 1. The number of amides is 1. The summed E-state index contributed by atoms with van der Waals surface area (Å²) < 4.78 is 5.36. The van der Waals surface area contributed by atoms with Crippen LogP contribution in [0.1, 0.15) is 44.0 Å². The topological polar surface area (TPSA) is 46.6 Å². The number of rotatable bonds is 6. The normalized spacial score (nSPS) is 20.8. The fourth-order valence-corrected chi connectivity index (χ4v) is 4.09. The van der Waals surface area contributed by atoms with Crippen molar-refractivity contribution in [2.75, 3.05) is 12.4 Å². The lowest BCUT2D eigenvalue weighted by Crippen LogP contribution is -2.47. The second kappa shape index (κ2) is 8.39. The predicted molar refractivity (Wildman–Crippen MR) is 93.4 cm³/mol. The Labute approximate surface area is 142 Å². The van der Waals surface area contributed by atoms with E-state index in [0.29, 0.717) is 17.9 Å². The fraction of sp³-hybridized carbons (Fsp3) is 0.556. The molecule has 0 radical (unpaired) electrons. The van der Waals surface area contributed by atoms with Gasteiger partial charge in [-0.3, -0.25) is 4.79 Å². The molecule has 0 saturated carbocycles. The Morgan fingerprint density at radius 2 is 2.00 bits per heavy atom. The SMILES string of the molecule is CCCCOC(=O)[C@@H]1CS[C@@H](C(C)C)N1C(=O)c1ccccc1. The molecule has 23 heavy (non-hydrogen) atoms. The van der Waals surface area contributed by atoms with Crippen molar-refractivity contribution in [3.05, 3.63) is 35.9 Å². The number of thioether (sulfide) groups is 1. The van der Waals surface area contributed by atoms with E-state index in [-0.39, 0.29) is 23.2 Å². The first-order valence-corrected chi connectivity index (χ1v) is 9.27. The minimum Gasteiger partial charge on any atom is -0.464 e. The predicted octanol–water partition coefficient (Wildman–Crippen LogP) is 3.57. The van der Waals surface area contributed by atoms with Crippen LogP contribution in [0, 0.1) is 5.92 Å². The largest absolute Gasteiger partial charge is 0.464 e. The number of ether oxygens (including phenoxy) is 1. The van der Waals surface area contributed by atoms with Crippen LogP contribution < -0.4 is 0 Å². The number of hydrogen-bond acceptors (Lipinski definition) is 4. The van der Waals surface area contributed by atoms with Gasteiger partial charge in [0.05, 0.1) is 12.0 Å². The highest BCUT2D eigenvalue weighted by atomic mass is 32.2. The number of hydrogen-bond donors (Lipinski definition) is 0. The van der Waals surface area contributed by atoms with Crippen LogP contribution in [-0.4, -0.2) is 40.6 Å². The molecule has 1 amide bonds. The molecule has 1 heterocycles. The van der Waals surface area contributed by atoms with Crippen molar-refractivity contribution in [3.63, 3.8) is 0 Å². The molecular weight excluding hydrogens is 310 g/mol. The lowest BCUT2D eigenvalue weighted by Gasteiger charge is -2.30. The highest BCUT2D eigenvalue weighted by Gasteiger charge is 2.43. The molecule has 1 fully saturated rings. The molecule has 0 aliphatic carbocycles. The molecule has 0 spiro atoms. The van der Waals surface area contributed by atoms with Crippen molar-refractivity contribution in [1.82, 2.24) is 4.90 Å². The molecule has 2 rings (SSSR count). The van der Waals surface area contributed by atoms with Gasteiger partial charge in [0, 0.05) is 11.3 Å². The van der Waals surface area contributed by atoms with Gasteiger partial charge in [0.25, 0.3) is 5.91 Å². The van der Waals surface area contributed by atoms with Crippen molar-refractivity contribution in [2.45, 2.75) is 45.0 Å². The smallest absolute Gasteiger partial charge is 0.329 e. The average molecular weight is 335 g/mol. The quantitative estimate of drug-likeness (QED) is 0.589. The van der Waals surface area contributed by atoms with Crippen molar-refractivity contribution in [3.8, 4) is 0 Å². The van der Waals surface area contributed by atoms with E-state index in [9.17, 15) is 9.59 Å². The van der Waals surface area contributed by atoms with E-state index in [1.165, 1.54) is 0 Å². The first-order chi connectivity index (χ1) is 11.1. The third-order valence-electron chi connectivity index (χ3n) is 3.87. The Balaban J connectivity index is 2.18. The van der Waals surface area contributed by atoms with E-state index in [0.717, 1.165) is 12.8 Å². The molecule has 1 aliphatic heterocycles. The maximum Gasteiger partial charge on any atom is 0.329 e. The number of esters is 1. The third kappa shape index (κ3) is 4.28. The Kier molecular flexibility index (Phi) is 6.51. The zero-order valence-corrected chi connectivity index (χ0v) is 14.8. The van der Waals surface area contributed by atoms with Gasteiger partial charge in [0.1, 0.15) is 6.04 Å². The van der Waals surface area contributed by atoms with Crippen LogP contribution in [-0.2, 0) is 9.53 Å². The van der Waals surface area contributed by atoms with Gasteiger partial charge in [-0.25, -0.2) is 4.79 Å². The summed E-state index contributed by atoms with van der Waals surface area (Å²) in [6.07, 6.45) is 1.83. The monoisotopic (exact) mass is 335 g/mol. The fourth-order valence-electron chi connectivity index (χ4n) is 2.62. The second-order valence-corrected chi connectivity index (χ2v) is 7.23. The van der Waals surface area contributed by atoms with Crippen LogP contribution in [0.5, 0.6) is 0 Å². The molecule has 0 unspecified atom stereocenters. The van der Waals surface area contributed by atoms with E-state index in [1.54, 1.807) is 28.8 Å². The molecule has 2 atom stereocenters. The standard InChI is InChI=1S/C18H25NO3S/c1-4-5-11-22-18(21)15-12-23-17(13(2)3)19(15)16(20)14-9-7-6-8-10-14/h6-10,13,15,17H,4-5,11-12H2,1-3H3/t15-,17-/m0/s1. The van der Waals surface area contributed by atoms with E-state index in [2.05, 4.69) is 20.8 Å². The molecular formula is C18H25NO3S. The summed E-state index contributed by atoms with van der Waals surface area (Å²) in [4.78, 5) is 27.0. The van der Waals surface area contributed by atoms with Gasteiger partial charge >= 0.3 is 5.97 Å². The number of nitrogens with zero attached hydrogens (tertiary/aromatic N) is 1. The Morgan fingerprint density at radius 3 is 2.61 bits per heavy atom. The van der Waals surface area contributed by atoms with Crippen LogP contribution in [0.2, 0.25) is 0 Å². The maximum absolute atomic E-state index is 12.9. The van der Waals surface area contributed by atoms with Crippen molar-refractivity contribution in [2.24, 2.45) is 5.92 Å². The zero-order valence-electron chi connectivity index (χ0n) is 14.0.